The maximum absolute atomic E-state index is 13.0. The monoisotopic (exact) mass is 649 g/mol. The number of ether oxygens (including phenoxy) is 1. The summed E-state index contributed by atoms with van der Waals surface area (Å²) in [7, 11) is 1.56. The maximum Gasteiger partial charge on any atom is 0.274 e. The highest BCUT2D eigenvalue weighted by Gasteiger charge is 2.21. The number of benzene rings is 1. The van der Waals surface area contributed by atoms with Gasteiger partial charge in [-0.2, -0.15) is 0 Å². The molecule has 5 rings (SSSR count). The predicted octanol–water partition coefficient (Wildman–Crippen LogP) is 4.22. The molecule has 4 heterocycles. The molecule has 0 bridgehead atoms. The van der Waals surface area contributed by atoms with Crippen LogP contribution in [0.4, 0.5) is 5.69 Å². The number of aliphatic hydroxyl groups is 1. The van der Waals surface area contributed by atoms with E-state index in [1.807, 2.05) is 12.1 Å². The summed E-state index contributed by atoms with van der Waals surface area (Å²) in [6.07, 6.45) is 4.61. The first-order valence-corrected chi connectivity index (χ1v) is 15.2. The number of amides is 2. The second kappa shape index (κ2) is 15.2. The van der Waals surface area contributed by atoms with Gasteiger partial charge in [-0.05, 0) is 36.2 Å². The number of nitrogens with one attached hydrogen (secondary N) is 4. The van der Waals surface area contributed by atoms with E-state index < -0.39 is 5.91 Å². The fraction of sp³-hybridized carbons (Fsp3) is 0.281. The lowest BCUT2D eigenvalue weighted by Gasteiger charge is -2.15. The normalized spacial score (nSPS) is 14.3. The fourth-order valence-corrected chi connectivity index (χ4v) is 5.52. The molecule has 11 nitrogen and oxygen atoms in total. The number of hydrogen-bond donors (Lipinski definition) is 5. The van der Waals surface area contributed by atoms with Gasteiger partial charge in [0.1, 0.15) is 5.69 Å². The minimum absolute atomic E-state index is 0.0419. The van der Waals surface area contributed by atoms with Crippen LogP contribution in [-0.4, -0.2) is 64.7 Å². The molecule has 1 atom stereocenters. The van der Waals surface area contributed by atoms with Gasteiger partial charge >= 0.3 is 0 Å². The first-order valence-electron chi connectivity index (χ1n) is 14.4. The molecule has 234 valence electrons. The van der Waals surface area contributed by atoms with Gasteiger partial charge in [0.15, 0.2) is 0 Å². The fourth-order valence-electron chi connectivity index (χ4n) is 4.94. The van der Waals surface area contributed by atoms with Gasteiger partial charge in [0.05, 0.1) is 40.8 Å². The van der Waals surface area contributed by atoms with Crippen molar-refractivity contribution >= 4 is 40.7 Å². The highest BCUT2D eigenvalue weighted by atomic mass is 35.5. The van der Waals surface area contributed by atoms with E-state index >= 15 is 0 Å². The number of carbonyl (C=O) groups excluding carboxylic acids is 2. The SMILES string of the molecule is COc1nc(-c2ccnc(-c3cccc(NC(=O)c4ccc(CNCCO)cn4)c3Cl)c2Cl)ccc1CNCC1CCC(=O)N1. The average molecular weight is 651 g/mol. The molecule has 0 radical (unpaired) electrons. The molecule has 1 unspecified atom stereocenters. The molecule has 13 heteroatoms. The smallest absolute Gasteiger partial charge is 0.274 e. The van der Waals surface area contributed by atoms with Crippen LogP contribution in [0.3, 0.4) is 0 Å². The Labute approximate surface area is 270 Å². The second-order valence-electron chi connectivity index (χ2n) is 10.4. The summed E-state index contributed by atoms with van der Waals surface area (Å²) >= 11 is 13.7. The molecule has 0 spiro atoms. The molecule has 0 saturated carbocycles. The van der Waals surface area contributed by atoms with Crippen LogP contribution in [0.25, 0.3) is 22.5 Å². The zero-order chi connectivity index (χ0) is 31.8. The van der Waals surface area contributed by atoms with Crippen molar-refractivity contribution in [2.45, 2.75) is 32.0 Å². The van der Waals surface area contributed by atoms with E-state index in [1.165, 1.54) is 0 Å². The summed E-state index contributed by atoms with van der Waals surface area (Å²) < 4.78 is 5.58. The number of aromatic nitrogens is 3. The summed E-state index contributed by atoms with van der Waals surface area (Å²) in [5.74, 6) is 0.117. The number of nitrogens with zero attached hydrogens (tertiary/aromatic N) is 3. The number of pyridine rings is 3. The molecule has 1 aromatic carbocycles. The summed E-state index contributed by atoms with van der Waals surface area (Å²) in [6.45, 7) is 2.22. The van der Waals surface area contributed by atoms with Gasteiger partial charge in [0, 0.05) is 67.7 Å². The van der Waals surface area contributed by atoms with Crippen LogP contribution in [0, 0.1) is 0 Å². The number of methoxy groups -OCH3 is 1. The molecule has 3 aromatic heterocycles. The van der Waals surface area contributed by atoms with Gasteiger partial charge in [-0.25, -0.2) is 4.98 Å². The number of halogens is 2. The van der Waals surface area contributed by atoms with Crippen LogP contribution in [0.5, 0.6) is 5.88 Å². The van der Waals surface area contributed by atoms with Crippen LogP contribution < -0.4 is 26.0 Å². The Morgan fingerprint density at radius 1 is 1.04 bits per heavy atom. The quantitative estimate of drug-likeness (QED) is 0.134. The first kappa shape index (κ1) is 32.3. The molecule has 0 aliphatic carbocycles. The molecule has 1 saturated heterocycles. The van der Waals surface area contributed by atoms with Gasteiger partial charge in [-0.1, -0.05) is 47.5 Å². The van der Waals surface area contributed by atoms with Crippen LogP contribution in [0.15, 0.2) is 60.9 Å². The number of hydrogen-bond acceptors (Lipinski definition) is 9. The molecular formula is C32H33Cl2N7O4. The number of aliphatic hydroxyl groups excluding tert-OH is 1. The van der Waals surface area contributed by atoms with E-state index in [2.05, 4.69) is 31.2 Å². The molecule has 2 amide bonds. The predicted molar refractivity (Wildman–Crippen MR) is 173 cm³/mol. The molecular weight excluding hydrogens is 617 g/mol. The Morgan fingerprint density at radius 3 is 2.64 bits per heavy atom. The topological polar surface area (TPSA) is 150 Å². The molecule has 1 fully saturated rings. The highest BCUT2D eigenvalue weighted by molar-refractivity contribution is 6.39. The van der Waals surface area contributed by atoms with Gasteiger partial charge in [-0.3, -0.25) is 19.6 Å². The molecule has 1 aliphatic heterocycles. The average Bonchev–Trinajstić information content (AvgIpc) is 3.47. The van der Waals surface area contributed by atoms with E-state index in [0.717, 1.165) is 17.5 Å². The Bertz CT molecular complexity index is 1670. The van der Waals surface area contributed by atoms with Gasteiger partial charge in [-0.15, -0.1) is 0 Å². The lowest BCUT2D eigenvalue weighted by atomic mass is 10.1. The van der Waals surface area contributed by atoms with E-state index in [1.54, 1.807) is 55.9 Å². The molecule has 45 heavy (non-hydrogen) atoms. The third-order valence-corrected chi connectivity index (χ3v) is 8.06. The highest BCUT2D eigenvalue weighted by Crippen LogP contribution is 2.40. The van der Waals surface area contributed by atoms with Crippen LogP contribution in [-0.2, 0) is 17.9 Å². The van der Waals surface area contributed by atoms with Crippen molar-refractivity contribution in [1.29, 1.82) is 0 Å². The van der Waals surface area contributed by atoms with Crippen molar-refractivity contribution in [2.24, 2.45) is 0 Å². The molecule has 4 aromatic rings. The van der Waals surface area contributed by atoms with E-state index in [-0.39, 0.29) is 29.3 Å². The number of anilines is 1. The van der Waals surface area contributed by atoms with Crippen molar-refractivity contribution in [3.05, 3.63) is 87.8 Å². The summed E-state index contributed by atoms with van der Waals surface area (Å²) in [6, 6.07) is 14.3. The second-order valence-corrected chi connectivity index (χ2v) is 11.1. The Balaban J connectivity index is 1.32. The van der Waals surface area contributed by atoms with Gasteiger partial charge in [0.2, 0.25) is 11.8 Å². The maximum atomic E-state index is 13.0. The molecule has 5 N–H and O–H groups in total. The lowest BCUT2D eigenvalue weighted by molar-refractivity contribution is -0.119. The van der Waals surface area contributed by atoms with Crippen LogP contribution >= 0.6 is 23.2 Å². The van der Waals surface area contributed by atoms with Crippen molar-refractivity contribution in [3.8, 4) is 28.4 Å². The number of rotatable bonds is 13. The summed E-state index contributed by atoms with van der Waals surface area (Å²) in [4.78, 5) is 37.9. The largest absolute Gasteiger partial charge is 0.481 e. The minimum atomic E-state index is -0.421. The number of carbonyl (C=O) groups is 2. The Hall–Kier alpha value is -4.13. The third-order valence-electron chi connectivity index (χ3n) is 7.27. The standard InChI is InChI=1S/C32H33Cl2N7O4/c1-45-32-20(17-36-18-21-7-10-27(43)39-21)6-9-24(41-32)22-11-12-37-30(29(22)34)23-3-2-4-25(28(23)33)40-31(44)26-8-5-19(16-38-26)15-35-13-14-42/h2-6,8-9,11-12,16,21,35-36,42H,7,10,13-15,17-18H2,1H3,(H,39,43)(H,40,44). The minimum Gasteiger partial charge on any atom is -0.481 e. The first-order chi connectivity index (χ1) is 21.9. The zero-order valence-electron chi connectivity index (χ0n) is 24.6. The van der Waals surface area contributed by atoms with E-state index in [4.69, 9.17) is 38.0 Å². The van der Waals surface area contributed by atoms with Gasteiger partial charge in [0.25, 0.3) is 5.91 Å². The van der Waals surface area contributed by atoms with Gasteiger partial charge < -0.3 is 31.1 Å². The van der Waals surface area contributed by atoms with Crippen molar-refractivity contribution in [2.75, 3.05) is 32.1 Å². The van der Waals surface area contributed by atoms with Crippen molar-refractivity contribution in [1.82, 2.24) is 30.9 Å². The van der Waals surface area contributed by atoms with E-state index in [0.29, 0.717) is 71.7 Å². The molecule has 1 aliphatic rings. The summed E-state index contributed by atoms with van der Waals surface area (Å²) in [5, 5.41) is 21.7. The third kappa shape index (κ3) is 7.94. The van der Waals surface area contributed by atoms with Crippen LogP contribution in [0.2, 0.25) is 10.0 Å². The van der Waals surface area contributed by atoms with E-state index in [9.17, 15) is 9.59 Å². The van der Waals surface area contributed by atoms with Crippen molar-refractivity contribution in [3.63, 3.8) is 0 Å². The Kier molecular flexibility index (Phi) is 10.9. The summed E-state index contributed by atoms with van der Waals surface area (Å²) in [5.41, 5.74) is 4.55. The van der Waals surface area contributed by atoms with Crippen molar-refractivity contribution < 1.29 is 19.4 Å². The zero-order valence-corrected chi connectivity index (χ0v) is 26.1. The van der Waals surface area contributed by atoms with Crippen LogP contribution in [0.1, 0.15) is 34.5 Å². The lowest BCUT2D eigenvalue weighted by Crippen LogP contribution is -2.35. The Morgan fingerprint density at radius 2 is 1.91 bits per heavy atom.